The number of rotatable bonds is 4. The third-order valence-electron chi connectivity index (χ3n) is 3.86. The summed E-state index contributed by atoms with van der Waals surface area (Å²) in [7, 11) is -3.61. The number of hydrogen-bond donors (Lipinski definition) is 1. The summed E-state index contributed by atoms with van der Waals surface area (Å²) in [6.07, 6.45) is 0. The zero-order chi connectivity index (χ0) is 18.0. The van der Waals surface area contributed by atoms with Gasteiger partial charge in [-0.3, -0.25) is 4.79 Å². The third kappa shape index (κ3) is 4.12. The number of thiophene rings is 1. The highest BCUT2D eigenvalue weighted by Gasteiger charge is 2.28. The number of nitrogens with one attached hydrogen (secondary N) is 1. The second kappa shape index (κ2) is 7.55. The Hall–Kier alpha value is -1.26. The molecule has 0 bridgehead atoms. The molecule has 0 aliphatic carbocycles. The van der Waals surface area contributed by atoms with Gasteiger partial charge in [0.05, 0.1) is 27.5 Å². The van der Waals surface area contributed by atoms with Crippen molar-refractivity contribution in [2.24, 2.45) is 0 Å². The summed E-state index contributed by atoms with van der Waals surface area (Å²) >= 11 is 4.73. The largest absolute Gasteiger partial charge is 0.379 e. The zero-order valence-electron chi connectivity index (χ0n) is 13.5. The number of anilines is 1. The van der Waals surface area contributed by atoms with Gasteiger partial charge < -0.3 is 10.1 Å². The molecule has 1 saturated heterocycles. The number of carbonyl (C=O) groups is 1. The number of carbonyl (C=O) groups excluding carboxylic acids is 1. The molecule has 134 valence electrons. The molecule has 9 heteroatoms. The molecule has 0 unspecified atom stereocenters. The zero-order valence-corrected chi connectivity index (χ0v) is 16.7. The predicted molar refractivity (Wildman–Crippen MR) is 101 cm³/mol. The number of halogens is 1. The molecule has 0 saturated carbocycles. The van der Waals surface area contributed by atoms with Crippen molar-refractivity contribution < 1.29 is 17.9 Å². The van der Waals surface area contributed by atoms with E-state index in [0.29, 0.717) is 43.1 Å². The van der Waals surface area contributed by atoms with Gasteiger partial charge in [0.15, 0.2) is 0 Å². The van der Waals surface area contributed by atoms with Gasteiger partial charge in [-0.25, -0.2) is 8.42 Å². The minimum Gasteiger partial charge on any atom is -0.379 e. The highest BCUT2D eigenvalue weighted by atomic mass is 79.9. The standard InChI is InChI=1S/C16H17BrN2O4S2/c1-11-2-3-13(18-16(20)12-8-15(17)24-10-12)9-14(11)25(21,22)19-4-6-23-7-5-19/h2-3,8-10H,4-7H2,1H3,(H,18,20). The molecule has 0 radical (unpaired) electrons. The Balaban J connectivity index is 1.86. The van der Waals surface area contributed by atoms with Crippen LogP contribution >= 0.6 is 27.3 Å². The number of hydrogen-bond acceptors (Lipinski definition) is 5. The molecular formula is C16H17BrN2O4S2. The number of nitrogens with zero attached hydrogens (tertiary/aromatic N) is 1. The number of morpholine rings is 1. The molecule has 1 aromatic carbocycles. The van der Waals surface area contributed by atoms with Crippen LogP contribution in [0.5, 0.6) is 0 Å². The van der Waals surface area contributed by atoms with Gasteiger partial charge in [0.2, 0.25) is 10.0 Å². The third-order valence-corrected chi connectivity index (χ3v) is 7.41. The molecule has 1 N–H and O–H groups in total. The highest BCUT2D eigenvalue weighted by molar-refractivity contribution is 9.11. The van der Waals surface area contributed by atoms with E-state index in [1.807, 2.05) is 0 Å². The fraction of sp³-hybridized carbons (Fsp3) is 0.312. The van der Waals surface area contributed by atoms with Crippen molar-refractivity contribution in [3.05, 3.63) is 44.6 Å². The second-order valence-corrected chi connectivity index (χ2v) is 9.79. The summed E-state index contributed by atoms with van der Waals surface area (Å²) in [5.41, 5.74) is 1.61. The van der Waals surface area contributed by atoms with E-state index in [9.17, 15) is 13.2 Å². The van der Waals surface area contributed by atoms with Crippen LogP contribution in [0.1, 0.15) is 15.9 Å². The predicted octanol–water partition coefficient (Wildman–Crippen LogP) is 3.09. The average Bonchev–Trinajstić information content (AvgIpc) is 3.04. The van der Waals surface area contributed by atoms with Crippen LogP contribution in [0, 0.1) is 6.92 Å². The first-order valence-electron chi connectivity index (χ1n) is 7.62. The summed E-state index contributed by atoms with van der Waals surface area (Å²) in [5.74, 6) is -0.277. The molecule has 1 fully saturated rings. The van der Waals surface area contributed by atoms with Crippen LogP contribution in [0.25, 0.3) is 0 Å². The molecular weight excluding hydrogens is 428 g/mol. The van der Waals surface area contributed by atoms with Crippen LogP contribution < -0.4 is 5.32 Å². The Morgan fingerprint density at radius 2 is 2.00 bits per heavy atom. The maximum atomic E-state index is 12.9. The molecule has 6 nitrogen and oxygen atoms in total. The van der Waals surface area contributed by atoms with Crippen LogP contribution in [-0.2, 0) is 14.8 Å². The van der Waals surface area contributed by atoms with Gasteiger partial charge in [-0.05, 0) is 46.6 Å². The Kier molecular flexibility index (Phi) is 5.59. The van der Waals surface area contributed by atoms with Gasteiger partial charge in [-0.1, -0.05) is 6.07 Å². The van der Waals surface area contributed by atoms with Crippen molar-refractivity contribution in [2.45, 2.75) is 11.8 Å². The Morgan fingerprint density at radius 1 is 1.28 bits per heavy atom. The minimum atomic E-state index is -3.61. The van der Waals surface area contributed by atoms with Gasteiger partial charge >= 0.3 is 0 Å². The number of aryl methyl sites for hydroxylation is 1. The van der Waals surface area contributed by atoms with Crippen molar-refractivity contribution in [1.29, 1.82) is 0 Å². The lowest BCUT2D eigenvalue weighted by Crippen LogP contribution is -2.40. The summed E-state index contributed by atoms with van der Waals surface area (Å²) in [5, 5.41) is 4.49. The fourth-order valence-electron chi connectivity index (χ4n) is 2.51. The first-order chi connectivity index (χ1) is 11.9. The van der Waals surface area contributed by atoms with Gasteiger partial charge in [-0.2, -0.15) is 4.31 Å². The maximum Gasteiger partial charge on any atom is 0.256 e. The van der Waals surface area contributed by atoms with E-state index in [1.165, 1.54) is 21.7 Å². The van der Waals surface area contributed by atoms with E-state index < -0.39 is 10.0 Å². The number of ether oxygens (including phenoxy) is 1. The molecule has 1 aliphatic heterocycles. The SMILES string of the molecule is Cc1ccc(NC(=O)c2csc(Br)c2)cc1S(=O)(=O)N1CCOCC1. The first-order valence-corrected chi connectivity index (χ1v) is 10.7. The van der Waals surface area contributed by atoms with Crippen LogP contribution in [0.4, 0.5) is 5.69 Å². The Bertz CT molecular complexity index is 889. The van der Waals surface area contributed by atoms with Crippen LogP contribution in [0.2, 0.25) is 0 Å². The molecule has 0 atom stereocenters. The topological polar surface area (TPSA) is 75.7 Å². The van der Waals surface area contributed by atoms with Crippen molar-refractivity contribution in [3.63, 3.8) is 0 Å². The Labute approximate surface area is 159 Å². The van der Waals surface area contributed by atoms with E-state index >= 15 is 0 Å². The maximum absolute atomic E-state index is 12.9. The van der Waals surface area contributed by atoms with Crippen molar-refractivity contribution in [1.82, 2.24) is 4.31 Å². The summed E-state index contributed by atoms with van der Waals surface area (Å²) in [6.45, 7) is 3.20. The fourth-order valence-corrected chi connectivity index (χ4v) is 5.31. The molecule has 0 spiro atoms. The smallest absolute Gasteiger partial charge is 0.256 e. The van der Waals surface area contributed by atoms with E-state index in [2.05, 4.69) is 21.2 Å². The van der Waals surface area contributed by atoms with Gasteiger partial charge in [-0.15, -0.1) is 11.3 Å². The number of amides is 1. The Morgan fingerprint density at radius 3 is 2.64 bits per heavy atom. The molecule has 1 aromatic heterocycles. The lowest BCUT2D eigenvalue weighted by Gasteiger charge is -2.26. The molecule has 2 heterocycles. The van der Waals surface area contributed by atoms with Gasteiger partial charge in [0, 0.05) is 24.2 Å². The van der Waals surface area contributed by atoms with Gasteiger partial charge in [0.25, 0.3) is 5.91 Å². The normalized spacial score (nSPS) is 15.9. The number of sulfonamides is 1. The second-order valence-electron chi connectivity index (χ2n) is 5.59. The van der Waals surface area contributed by atoms with Gasteiger partial charge in [0.1, 0.15) is 0 Å². The van der Waals surface area contributed by atoms with Crippen LogP contribution in [-0.4, -0.2) is 44.9 Å². The lowest BCUT2D eigenvalue weighted by molar-refractivity contribution is 0.0730. The van der Waals surface area contributed by atoms with Crippen molar-refractivity contribution in [2.75, 3.05) is 31.6 Å². The summed E-state index contributed by atoms with van der Waals surface area (Å²) < 4.78 is 33.2. The summed E-state index contributed by atoms with van der Waals surface area (Å²) in [4.78, 5) is 12.5. The molecule has 1 aliphatic rings. The van der Waals surface area contributed by atoms with E-state index in [-0.39, 0.29) is 10.8 Å². The average molecular weight is 445 g/mol. The lowest BCUT2D eigenvalue weighted by atomic mass is 10.2. The number of benzene rings is 1. The molecule has 1 amide bonds. The monoisotopic (exact) mass is 444 g/mol. The quantitative estimate of drug-likeness (QED) is 0.785. The summed E-state index contributed by atoms with van der Waals surface area (Å²) in [6, 6.07) is 6.64. The molecule has 3 rings (SSSR count). The van der Waals surface area contributed by atoms with Crippen molar-refractivity contribution in [3.8, 4) is 0 Å². The van der Waals surface area contributed by atoms with E-state index in [0.717, 1.165) is 3.79 Å². The molecule has 25 heavy (non-hydrogen) atoms. The minimum absolute atomic E-state index is 0.207. The highest BCUT2D eigenvalue weighted by Crippen LogP contribution is 2.26. The first kappa shape index (κ1) is 18.5. The molecule has 2 aromatic rings. The van der Waals surface area contributed by atoms with Crippen molar-refractivity contribution >= 4 is 48.9 Å². The van der Waals surface area contributed by atoms with Crippen LogP contribution in [0.15, 0.2) is 38.3 Å². The van der Waals surface area contributed by atoms with E-state index in [1.54, 1.807) is 30.5 Å². The van der Waals surface area contributed by atoms with Crippen LogP contribution in [0.3, 0.4) is 0 Å². The van der Waals surface area contributed by atoms with E-state index in [4.69, 9.17) is 4.74 Å².